The fraction of sp³-hybridized carbons (Fsp3) is 0.435. The molecule has 0 amide bonds. The summed E-state index contributed by atoms with van der Waals surface area (Å²) in [5.74, 6) is 0.896. The summed E-state index contributed by atoms with van der Waals surface area (Å²) < 4.78 is 35.4. The largest absolute Gasteiger partial charge is 0.471 e. The van der Waals surface area contributed by atoms with Gasteiger partial charge in [0.25, 0.3) is 0 Å². The van der Waals surface area contributed by atoms with Crippen LogP contribution in [0.3, 0.4) is 0 Å². The SMILES string of the molecule is Cc1nccn1[C@H]1C[C@H]2CN(Cc3ccc(F)c(F)c3)C[C@H]2C[C@@H]1Oc1cnccn1. The lowest BCUT2D eigenvalue weighted by Gasteiger charge is -2.38. The molecule has 1 saturated carbocycles. The van der Waals surface area contributed by atoms with E-state index in [4.69, 9.17) is 4.74 Å². The van der Waals surface area contributed by atoms with Crippen LogP contribution in [0.1, 0.15) is 30.3 Å². The van der Waals surface area contributed by atoms with Gasteiger partial charge in [0.2, 0.25) is 5.88 Å². The maximum Gasteiger partial charge on any atom is 0.232 e. The molecule has 3 heterocycles. The third-order valence-electron chi connectivity index (χ3n) is 6.58. The molecule has 2 fully saturated rings. The van der Waals surface area contributed by atoms with Crippen LogP contribution in [-0.4, -0.2) is 43.6 Å². The smallest absolute Gasteiger partial charge is 0.232 e. The maximum absolute atomic E-state index is 13.6. The molecule has 4 atom stereocenters. The number of rotatable bonds is 5. The minimum atomic E-state index is -0.804. The quantitative estimate of drug-likeness (QED) is 0.623. The van der Waals surface area contributed by atoms with E-state index in [-0.39, 0.29) is 12.1 Å². The number of fused-ring (bicyclic) bond motifs is 1. The molecule has 5 rings (SSSR count). The van der Waals surface area contributed by atoms with E-state index in [1.807, 2.05) is 19.3 Å². The molecule has 0 bridgehead atoms. The van der Waals surface area contributed by atoms with Gasteiger partial charge in [-0.25, -0.2) is 18.7 Å². The third-order valence-corrected chi connectivity index (χ3v) is 6.58. The summed E-state index contributed by atoms with van der Waals surface area (Å²) >= 11 is 0. The lowest BCUT2D eigenvalue weighted by Crippen LogP contribution is -2.40. The highest BCUT2D eigenvalue weighted by atomic mass is 19.2. The van der Waals surface area contributed by atoms with E-state index in [1.54, 1.807) is 24.7 Å². The maximum atomic E-state index is 13.6. The molecule has 0 radical (unpaired) electrons. The number of likely N-dealkylation sites (tertiary alicyclic amines) is 1. The number of hydrogen-bond donors (Lipinski definition) is 0. The van der Waals surface area contributed by atoms with Gasteiger partial charge in [0.1, 0.15) is 11.9 Å². The van der Waals surface area contributed by atoms with Crippen molar-refractivity contribution in [3.63, 3.8) is 0 Å². The van der Waals surface area contributed by atoms with E-state index in [1.165, 1.54) is 12.1 Å². The van der Waals surface area contributed by atoms with Crippen molar-refractivity contribution in [1.82, 2.24) is 24.4 Å². The standard InChI is InChI=1S/C23H25F2N5O/c1-15-27-6-7-30(15)21-9-17-13-29(12-16-2-3-19(24)20(25)8-16)14-18(17)10-22(21)31-23-11-26-4-5-28-23/h2-8,11,17-18,21-22H,9-10,12-14H2,1H3/t17-,18+,21-,22-/m0/s1. The normalized spacial score (nSPS) is 26.0. The second-order valence-electron chi connectivity index (χ2n) is 8.58. The summed E-state index contributed by atoms with van der Waals surface area (Å²) in [7, 11) is 0. The summed E-state index contributed by atoms with van der Waals surface area (Å²) in [4.78, 5) is 15.2. The van der Waals surface area contributed by atoms with Crippen LogP contribution in [0.2, 0.25) is 0 Å². The van der Waals surface area contributed by atoms with Crippen molar-refractivity contribution in [1.29, 1.82) is 0 Å². The zero-order valence-corrected chi connectivity index (χ0v) is 17.4. The number of benzene rings is 1. The van der Waals surface area contributed by atoms with E-state index in [9.17, 15) is 8.78 Å². The van der Waals surface area contributed by atoms with Gasteiger partial charge in [-0.1, -0.05) is 6.07 Å². The summed E-state index contributed by atoms with van der Waals surface area (Å²) in [5.41, 5.74) is 0.798. The molecule has 1 aromatic carbocycles. The van der Waals surface area contributed by atoms with Gasteiger partial charge in [-0.2, -0.15) is 0 Å². The van der Waals surface area contributed by atoms with Crippen molar-refractivity contribution in [2.45, 2.75) is 38.5 Å². The number of aromatic nitrogens is 4. The van der Waals surface area contributed by atoms with Crippen LogP contribution in [0.5, 0.6) is 5.88 Å². The number of nitrogens with zero attached hydrogens (tertiary/aromatic N) is 5. The molecule has 0 N–H and O–H groups in total. The van der Waals surface area contributed by atoms with Crippen LogP contribution in [0.4, 0.5) is 8.78 Å². The molecule has 8 heteroatoms. The molecule has 162 valence electrons. The summed E-state index contributed by atoms with van der Waals surface area (Å²) in [5, 5.41) is 0. The first kappa shape index (κ1) is 20.1. The monoisotopic (exact) mass is 425 g/mol. The Morgan fingerprint density at radius 3 is 2.58 bits per heavy atom. The third kappa shape index (κ3) is 4.17. The van der Waals surface area contributed by atoms with Crippen LogP contribution in [0.25, 0.3) is 0 Å². The predicted octanol–water partition coefficient (Wildman–Crippen LogP) is 3.79. The predicted molar refractivity (Wildman–Crippen MR) is 110 cm³/mol. The number of ether oxygens (including phenoxy) is 1. The molecule has 1 aliphatic heterocycles. The fourth-order valence-electron chi connectivity index (χ4n) is 5.17. The van der Waals surface area contributed by atoms with E-state index >= 15 is 0 Å². The number of halogens is 2. The second-order valence-corrected chi connectivity index (χ2v) is 8.58. The van der Waals surface area contributed by atoms with Gasteiger partial charge in [0, 0.05) is 44.4 Å². The Morgan fingerprint density at radius 2 is 1.87 bits per heavy atom. The van der Waals surface area contributed by atoms with Gasteiger partial charge in [-0.3, -0.25) is 9.88 Å². The van der Waals surface area contributed by atoms with Gasteiger partial charge < -0.3 is 9.30 Å². The van der Waals surface area contributed by atoms with Crippen molar-refractivity contribution < 1.29 is 13.5 Å². The fourth-order valence-corrected chi connectivity index (χ4v) is 5.17. The molecule has 1 saturated heterocycles. The molecule has 6 nitrogen and oxygen atoms in total. The number of hydrogen-bond acceptors (Lipinski definition) is 5. The Bertz CT molecular complexity index is 1040. The van der Waals surface area contributed by atoms with Gasteiger partial charge in [0.15, 0.2) is 11.6 Å². The molecule has 0 spiro atoms. The average Bonchev–Trinajstić information content (AvgIpc) is 3.36. The highest BCUT2D eigenvalue weighted by molar-refractivity contribution is 5.18. The molecule has 3 aromatic rings. The van der Waals surface area contributed by atoms with Crippen LogP contribution < -0.4 is 4.74 Å². The Labute approximate surface area is 179 Å². The molecule has 0 unspecified atom stereocenters. The average molecular weight is 425 g/mol. The van der Waals surface area contributed by atoms with Crippen molar-refractivity contribution in [3.8, 4) is 5.88 Å². The number of imidazole rings is 1. The van der Waals surface area contributed by atoms with Crippen molar-refractivity contribution in [2.24, 2.45) is 11.8 Å². The zero-order chi connectivity index (χ0) is 21.4. The topological polar surface area (TPSA) is 56.1 Å². The highest BCUT2D eigenvalue weighted by Crippen LogP contribution is 2.43. The lowest BCUT2D eigenvalue weighted by molar-refractivity contribution is 0.0501. The molecule has 2 aliphatic rings. The molecule has 2 aromatic heterocycles. The summed E-state index contributed by atoms with van der Waals surface area (Å²) in [6.45, 7) is 4.48. The van der Waals surface area contributed by atoms with Crippen LogP contribution in [0, 0.1) is 30.4 Å². The summed E-state index contributed by atoms with van der Waals surface area (Å²) in [6.07, 6.45) is 10.6. The Hall–Kier alpha value is -2.87. The van der Waals surface area contributed by atoms with E-state index < -0.39 is 11.6 Å². The van der Waals surface area contributed by atoms with Crippen molar-refractivity contribution in [2.75, 3.05) is 13.1 Å². The van der Waals surface area contributed by atoms with Gasteiger partial charge in [0.05, 0.1) is 12.2 Å². The Morgan fingerprint density at radius 1 is 1.03 bits per heavy atom. The first-order valence-corrected chi connectivity index (χ1v) is 10.6. The minimum Gasteiger partial charge on any atom is -0.471 e. The van der Waals surface area contributed by atoms with Crippen LogP contribution in [0.15, 0.2) is 49.2 Å². The van der Waals surface area contributed by atoms with E-state index in [2.05, 4.69) is 24.4 Å². The first-order valence-electron chi connectivity index (χ1n) is 10.6. The first-order chi connectivity index (χ1) is 15.1. The summed E-state index contributed by atoms with van der Waals surface area (Å²) in [6, 6.07) is 4.33. The van der Waals surface area contributed by atoms with Crippen molar-refractivity contribution in [3.05, 3.63) is 72.2 Å². The Kier molecular flexibility index (Phi) is 5.40. The zero-order valence-electron chi connectivity index (χ0n) is 17.4. The number of aryl methyl sites for hydroxylation is 1. The van der Waals surface area contributed by atoms with Gasteiger partial charge >= 0.3 is 0 Å². The molecule has 1 aliphatic carbocycles. The molecular formula is C23H25F2N5O. The lowest BCUT2D eigenvalue weighted by atomic mass is 9.77. The van der Waals surface area contributed by atoms with E-state index in [0.717, 1.165) is 37.3 Å². The Balaban J connectivity index is 1.34. The van der Waals surface area contributed by atoms with Gasteiger partial charge in [-0.05, 0) is 49.3 Å². The second kappa shape index (κ2) is 8.34. The minimum absolute atomic E-state index is 0.0333. The highest BCUT2D eigenvalue weighted by Gasteiger charge is 2.44. The molecular weight excluding hydrogens is 400 g/mol. The van der Waals surface area contributed by atoms with Crippen LogP contribution >= 0.6 is 0 Å². The van der Waals surface area contributed by atoms with Crippen LogP contribution in [-0.2, 0) is 6.54 Å². The van der Waals surface area contributed by atoms with Gasteiger partial charge in [-0.15, -0.1) is 0 Å². The van der Waals surface area contributed by atoms with E-state index in [0.29, 0.717) is 24.3 Å². The molecule has 31 heavy (non-hydrogen) atoms. The van der Waals surface area contributed by atoms with Crippen molar-refractivity contribution >= 4 is 0 Å².